The Morgan fingerprint density at radius 2 is 2.14 bits per heavy atom. The summed E-state index contributed by atoms with van der Waals surface area (Å²) in [6, 6.07) is 0. The highest BCUT2D eigenvalue weighted by Gasteiger charge is 2.00. The molecule has 3 nitrogen and oxygen atoms in total. The lowest BCUT2D eigenvalue weighted by Gasteiger charge is -2.07. The summed E-state index contributed by atoms with van der Waals surface area (Å²) in [6.45, 7) is 6.39. The van der Waals surface area contributed by atoms with Crippen LogP contribution in [0.3, 0.4) is 0 Å². The van der Waals surface area contributed by atoms with Crippen LogP contribution in [-0.2, 0) is 4.79 Å². The molecule has 0 radical (unpaired) electrons. The predicted octanol–water partition coefficient (Wildman–Crippen LogP) is 0.762. The van der Waals surface area contributed by atoms with Gasteiger partial charge in [-0.15, -0.1) is 12.3 Å². The van der Waals surface area contributed by atoms with Gasteiger partial charge in [-0.2, -0.15) is 0 Å². The monoisotopic (exact) mass is 196 g/mol. The molecule has 0 aromatic carbocycles. The number of nitrogens with one attached hydrogen (secondary N) is 2. The van der Waals surface area contributed by atoms with Gasteiger partial charge >= 0.3 is 0 Å². The van der Waals surface area contributed by atoms with Crippen molar-refractivity contribution in [2.75, 3.05) is 19.6 Å². The minimum absolute atomic E-state index is 0.104. The van der Waals surface area contributed by atoms with Gasteiger partial charge in [-0.05, 0) is 5.92 Å². The predicted molar refractivity (Wildman–Crippen MR) is 58.8 cm³/mol. The van der Waals surface area contributed by atoms with Crippen LogP contribution >= 0.6 is 0 Å². The highest BCUT2D eigenvalue weighted by molar-refractivity contribution is 5.76. The maximum Gasteiger partial charge on any atom is 0.221 e. The minimum atomic E-state index is 0.104. The van der Waals surface area contributed by atoms with Crippen LogP contribution in [0.5, 0.6) is 0 Å². The molecule has 0 saturated carbocycles. The third-order valence-electron chi connectivity index (χ3n) is 1.68. The Kier molecular flexibility index (Phi) is 7.96. The summed E-state index contributed by atoms with van der Waals surface area (Å²) in [5.74, 6) is 3.14. The first kappa shape index (κ1) is 13.0. The van der Waals surface area contributed by atoms with Crippen molar-refractivity contribution in [3.63, 3.8) is 0 Å². The van der Waals surface area contributed by atoms with Crippen molar-refractivity contribution < 1.29 is 4.79 Å². The van der Waals surface area contributed by atoms with Gasteiger partial charge in [-0.25, -0.2) is 0 Å². The molecule has 0 spiro atoms. The van der Waals surface area contributed by atoms with E-state index in [1.807, 2.05) is 0 Å². The van der Waals surface area contributed by atoms with Gasteiger partial charge in [-0.1, -0.05) is 13.8 Å². The van der Waals surface area contributed by atoms with E-state index < -0.39 is 0 Å². The van der Waals surface area contributed by atoms with Gasteiger partial charge < -0.3 is 10.6 Å². The fraction of sp³-hybridized carbons (Fsp3) is 0.727. The molecule has 0 aromatic rings. The molecule has 0 heterocycles. The van der Waals surface area contributed by atoms with Gasteiger partial charge in [0.2, 0.25) is 5.91 Å². The number of carbonyl (C=O) groups is 1. The summed E-state index contributed by atoms with van der Waals surface area (Å²) in [7, 11) is 0. The largest absolute Gasteiger partial charge is 0.356 e. The lowest BCUT2D eigenvalue weighted by atomic mass is 10.2. The second kappa shape index (κ2) is 8.58. The molecule has 0 aliphatic rings. The molecule has 3 heteroatoms. The van der Waals surface area contributed by atoms with E-state index in [0.29, 0.717) is 25.3 Å². The number of terminal acetylenes is 1. The zero-order valence-electron chi connectivity index (χ0n) is 9.10. The normalized spacial score (nSPS) is 9.86. The van der Waals surface area contributed by atoms with E-state index in [9.17, 15) is 4.79 Å². The molecule has 0 rings (SSSR count). The van der Waals surface area contributed by atoms with E-state index in [1.165, 1.54) is 0 Å². The van der Waals surface area contributed by atoms with E-state index in [2.05, 4.69) is 30.4 Å². The number of rotatable bonds is 7. The van der Waals surface area contributed by atoms with E-state index in [-0.39, 0.29) is 5.91 Å². The van der Waals surface area contributed by atoms with Crippen LogP contribution in [0.4, 0.5) is 0 Å². The summed E-state index contributed by atoms with van der Waals surface area (Å²) in [4.78, 5) is 11.2. The zero-order valence-corrected chi connectivity index (χ0v) is 9.10. The average Bonchev–Trinajstić information content (AvgIpc) is 2.14. The van der Waals surface area contributed by atoms with Crippen LogP contribution in [0, 0.1) is 18.3 Å². The molecular weight excluding hydrogens is 176 g/mol. The molecule has 14 heavy (non-hydrogen) atoms. The smallest absolute Gasteiger partial charge is 0.221 e. The first-order chi connectivity index (χ1) is 6.66. The molecule has 80 valence electrons. The lowest BCUT2D eigenvalue weighted by molar-refractivity contribution is -0.121. The van der Waals surface area contributed by atoms with Crippen LogP contribution < -0.4 is 10.6 Å². The third-order valence-corrected chi connectivity index (χ3v) is 1.68. The minimum Gasteiger partial charge on any atom is -0.356 e. The van der Waals surface area contributed by atoms with Crippen molar-refractivity contribution in [1.29, 1.82) is 0 Å². The molecule has 0 saturated heterocycles. The van der Waals surface area contributed by atoms with Crippen molar-refractivity contribution in [3.8, 4) is 12.3 Å². The van der Waals surface area contributed by atoms with Gasteiger partial charge in [0.25, 0.3) is 0 Å². The van der Waals surface area contributed by atoms with Crippen LogP contribution in [0.1, 0.15) is 26.7 Å². The van der Waals surface area contributed by atoms with E-state index in [4.69, 9.17) is 6.42 Å². The van der Waals surface area contributed by atoms with Crippen LogP contribution in [0.2, 0.25) is 0 Å². The molecule has 0 unspecified atom stereocenters. The first-order valence-corrected chi connectivity index (χ1v) is 5.07. The summed E-state index contributed by atoms with van der Waals surface area (Å²) < 4.78 is 0. The molecule has 0 atom stereocenters. The molecule has 1 amide bonds. The summed E-state index contributed by atoms with van der Waals surface area (Å²) in [5.41, 5.74) is 0. The standard InChI is InChI=1S/C11H20N2O/c1-4-5-7-12-8-6-11(14)13-9-10(2)3/h1,10,12H,5-9H2,2-3H3,(H,13,14). The van der Waals surface area contributed by atoms with E-state index >= 15 is 0 Å². The maximum atomic E-state index is 11.2. The van der Waals surface area contributed by atoms with Gasteiger partial charge in [0.05, 0.1) is 0 Å². The highest BCUT2D eigenvalue weighted by atomic mass is 16.1. The lowest BCUT2D eigenvalue weighted by Crippen LogP contribution is -2.30. The van der Waals surface area contributed by atoms with Gasteiger partial charge in [0.1, 0.15) is 0 Å². The Morgan fingerprint density at radius 3 is 2.71 bits per heavy atom. The summed E-state index contributed by atoms with van der Waals surface area (Å²) in [5, 5.41) is 5.96. The van der Waals surface area contributed by atoms with Gasteiger partial charge in [0.15, 0.2) is 0 Å². The van der Waals surface area contributed by atoms with Crippen molar-refractivity contribution in [3.05, 3.63) is 0 Å². The zero-order chi connectivity index (χ0) is 10.8. The average molecular weight is 196 g/mol. The topological polar surface area (TPSA) is 41.1 Å². The number of carbonyl (C=O) groups excluding carboxylic acids is 1. The van der Waals surface area contributed by atoms with Crippen LogP contribution in [-0.4, -0.2) is 25.5 Å². The Hall–Kier alpha value is -1.01. The summed E-state index contributed by atoms with van der Waals surface area (Å²) >= 11 is 0. The third kappa shape index (κ3) is 9.08. The van der Waals surface area contributed by atoms with Gasteiger partial charge in [0, 0.05) is 32.5 Å². The SMILES string of the molecule is C#CCCNCCC(=O)NCC(C)C. The second-order valence-electron chi connectivity index (χ2n) is 3.65. The molecule has 0 aromatic heterocycles. The quantitative estimate of drug-likeness (QED) is 0.466. The van der Waals surface area contributed by atoms with Gasteiger partial charge in [-0.3, -0.25) is 4.79 Å². The Balaban J connectivity index is 3.24. The number of hydrogen-bond acceptors (Lipinski definition) is 2. The number of amides is 1. The highest BCUT2D eigenvalue weighted by Crippen LogP contribution is 1.87. The molecule has 0 bridgehead atoms. The molecule has 0 fully saturated rings. The molecule has 2 N–H and O–H groups in total. The van der Waals surface area contributed by atoms with Crippen LogP contribution in [0.25, 0.3) is 0 Å². The number of hydrogen-bond donors (Lipinski definition) is 2. The van der Waals surface area contributed by atoms with Crippen molar-refractivity contribution in [1.82, 2.24) is 10.6 Å². The fourth-order valence-corrected chi connectivity index (χ4v) is 0.894. The summed E-state index contributed by atoms with van der Waals surface area (Å²) in [6.07, 6.45) is 6.32. The van der Waals surface area contributed by atoms with E-state index in [0.717, 1.165) is 13.1 Å². The Bertz CT molecular complexity index is 194. The molecule has 0 aliphatic heterocycles. The first-order valence-electron chi connectivity index (χ1n) is 5.07. The molecule has 0 aliphatic carbocycles. The Morgan fingerprint density at radius 1 is 1.43 bits per heavy atom. The van der Waals surface area contributed by atoms with Crippen molar-refractivity contribution in [2.24, 2.45) is 5.92 Å². The second-order valence-corrected chi connectivity index (χ2v) is 3.65. The van der Waals surface area contributed by atoms with E-state index in [1.54, 1.807) is 0 Å². The Labute approximate surface area is 86.6 Å². The van der Waals surface area contributed by atoms with Crippen molar-refractivity contribution in [2.45, 2.75) is 26.7 Å². The molecular formula is C11H20N2O. The van der Waals surface area contributed by atoms with Crippen molar-refractivity contribution >= 4 is 5.91 Å². The fourth-order valence-electron chi connectivity index (χ4n) is 0.894. The van der Waals surface area contributed by atoms with Crippen LogP contribution in [0.15, 0.2) is 0 Å². The maximum absolute atomic E-state index is 11.2.